The third kappa shape index (κ3) is 5.39. The Kier molecular flexibility index (Phi) is 7.12. The van der Waals surface area contributed by atoms with E-state index in [9.17, 15) is 0 Å². The Morgan fingerprint density at radius 1 is 0.643 bits per heavy atom. The van der Waals surface area contributed by atoms with Gasteiger partial charge in [0.2, 0.25) is 0 Å². The maximum atomic E-state index is 6.16. The van der Waals surface area contributed by atoms with E-state index in [1.807, 2.05) is 0 Å². The zero-order chi connectivity index (χ0) is 19.3. The van der Waals surface area contributed by atoms with Gasteiger partial charge in [0.1, 0.15) is 5.75 Å². The summed E-state index contributed by atoms with van der Waals surface area (Å²) < 4.78 is 6.16. The average Bonchev–Trinajstić information content (AvgIpc) is 2.74. The number of benzene rings is 1. The molecule has 0 spiro atoms. The number of hydrogen-bond donors (Lipinski definition) is 0. The molecule has 0 heterocycles. The van der Waals surface area contributed by atoms with E-state index in [0.717, 1.165) is 30.1 Å². The van der Waals surface area contributed by atoms with E-state index < -0.39 is 0 Å². The molecule has 0 bridgehead atoms. The van der Waals surface area contributed by atoms with Crippen molar-refractivity contribution in [3.8, 4) is 5.75 Å². The zero-order valence-electron chi connectivity index (χ0n) is 17.5. The average molecular weight is 374 g/mol. The summed E-state index contributed by atoms with van der Waals surface area (Å²) >= 11 is 0. The molecule has 0 N–H and O–H groups in total. The Hall–Kier alpha value is -0.850. The first-order valence-corrected chi connectivity index (χ1v) is 11.9. The van der Waals surface area contributed by atoms with Crippen LogP contribution in [0, 0.1) is 17.8 Å². The highest BCUT2D eigenvalue weighted by molar-refractivity contribution is 6.11. The fourth-order valence-electron chi connectivity index (χ4n) is 5.95. The van der Waals surface area contributed by atoms with Gasteiger partial charge in [-0.15, -0.1) is 0 Å². The van der Waals surface area contributed by atoms with E-state index in [0.29, 0.717) is 17.6 Å². The van der Waals surface area contributed by atoms with E-state index in [4.69, 9.17) is 20.4 Å². The normalized spacial score (nSPS) is 36.7. The van der Waals surface area contributed by atoms with Crippen LogP contribution >= 0.6 is 0 Å². The van der Waals surface area contributed by atoms with E-state index >= 15 is 0 Å². The molecular weight excluding hydrogens is 338 g/mol. The van der Waals surface area contributed by atoms with Crippen molar-refractivity contribution in [3.05, 3.63) is 29.8 Å². The van der Waals surface area contributed by atoms with Crippen LogP contribution in [-0.2, 0) is 0 Å². The predicted octanol–water partition coefficient (Wildman–Crippen LogP) is 6.63. The van der Waals surface area contributed by atoms with Crippen LogP contribution in [0.15, 0.2) is 24.3 Å². The van der Waals surface area contributed by atoms with Crippen LogP contribution in [0.3, 0.4) is 0 Å². The van der Waals surface area contributed by atoms with E-state index in [-0.39, 0.29) is 0 Å². The van der Waals surface area contributed by atoms with Gasteiger partial charge in [-0.2, -0.15) is 0 Å². The summed E-state index contributed by atoms with van der Waals surface area (Å²) in [4.78, 5) is 0. The Morgan fingerprint density at radius 2 is 1.14 bits per heavy atom. The fourth-order valence-corrected chi connectivity index (χ4v) is 5.95. The molecule has 3 fully saturated rings. The third-order valence-corrected chi connectivity index (χ3v) is 7.98. The Morgan fingerprint density at radius 3 is 1.71 bits per heavy atom. The summed E-state index contributed by atoms with van der Waals surface area (Å²) in [5.74, 6) is 5.27. The number of ether oxygens (including phenoxy) is 1. The van der Waals surface area contributed by atoms with Gasteiger partial charge in [0.15, 0.2) is 0 Å². The van der Waals surface area contributed by atoms with Gasteiger partial charge >= 0.3 is 0 Å². The highest BCUT2D eigenvalue weighted by Gasteiger charge is 2.30. The number of hydrogen-bond acceptors (Lipinski definition) is 1. The fraction of sp³-hybridized carbons (Fsp3) is 0.760. The van der Waals surface area contributed by atoms with Crippen molar-refractivity contribution >= 4 is 15.7 Å². The van der Waals surface area contributed by atoms with Gasteiger partial charge < -0.3 is 4.74 Å². The van der Waals surface area contributed by atoms with Gasteiger partial charge in [0, 0.05) is 0 Å². The minimum absolute atomic E-state index is 0.421. The van der Waals surface area contributed by atoms with Crippen molar-refractivity contribution < 1.29 is 4.74 Å². The minimum Gasteiger partial charge on any atom is -0.493 e. The van der Waals surface area contributed by atoms with Crippen LogP contribution < -0.4 is 4.74 Å². The molecule has 3 heteroatoms. The van der Waals surface area contributed by atoms with Gasteiger partial charge in [0.25, 0.3) is 0 Å². The molecule has 148 valence electrons. The van der Waals surface area contributed by atoms with Crippen molar-refractivity contribution in [2.45, 2.75) is 94.6 Å². The zero-order valence-corrected chi connectivity index (χ0v) is 17.5. The van der Waals surface area contributed by atoms with Crippen LogP contribution in [0.1, 0.15) is 88.5 Å². The second kappa shape index (κ2) is 9.77. The molecule has 4 radical (unpaired) electrons. The maximum absolute atomic E-state index is 6.16. The molecule has 28 heavy (non-hydrogen) atoms. The molecule has 0 aliphatic heterocycles. The molecule has 1 aromatic rings. The quantitative estimate of drug-likeness (QED) is 0.526. The Labute approximate surface area is 175 Å². The SMILES string of the molecule is [B]C1CCC(c2ccc(OCC3CCC(C4CCC([B])CC4)CC3)cc2)CC1. The van der Waals surface area contributed by atoms with Crippen LogP contribution in [0.2, 0.25) is 11.6 Å². The van der Waals surface area contributed by atoms with Crippen molar-refractivity contribution in [1.82, 2.24) is 0 Å². The highest BCUT2D eigenvalue weighted by Crippen LogP contribution is 2.42. The maximum Gasteiger partial charge on any atom is 0.119 e. The summed E-state index contributed by atoms with van der Waals surface area (Å²) in [6.45, 7) is 0.889. The van der Waals surface area contributed by atoms with Crippen LogP contribution in [-0.4, -0.2) is 22.3 Å². The summed E-state index contributed by atoms with van der Waals surface area (Å²) in [5, 5.41) is 0. The lowest BCUT2D eigenvalue weighted by Crippen LogP contribution is -2.26. The molecule has 1 nitrogen and oxygen atoms in total. The van der Waals surface area contributed by atoms with Crippen LogP contribution in [0.25, 0.3) is 0 Å². The molecule has 3 aliphatic rings. The first-order valence-electron chi connectivity index (χ1n) is 11.9. The first kappa shape index (κ1) is 20.4. The second-order valence-electron chi connectivity index (χ2n) is 9.95. The van der Waals surface area contributed by atoms with E-state index in [1.54, 1.807) is 0 Å². The smallest absolute Gasteiger partial charge is 0.119 e. The summed E-state index contributed by atoms with van der Waals surface area (Å²) in [6.07, 6.45) is 15.5. The lowest BCUT2D eigenvalue weighted by Gasteiger charge is -2.37. The van der Waals surface area contributed by atoms with E-state index in [2.05, 4.69) is 24.3 Å². The summed E-state index contributed by atoms with van der Waals surface area (Å²) in [7, 11) is 12.1. The van der Waals surface area contributed by atoms with Crippen molar-refractivity contribution in [3.63, 3.8) is 0 Å². The third-order valence-electron chi connectivity index (χ3n) is 7.98. The lowest BCUT2D eigenvalue weighted by atomic mass is 9.65. The molecule has 0 saturated heterocycles. The van der Waals surface area contributed by atoms with Crippen molar-refractivity contribution in [1.29, 1.82) is 0 Å². The van der Waals surface area contributed by atoms with Gasteiger partial charge in [-0.1, -0.05) is 62.3 Å². The monoisotopic (exact) mass is 374 g/mol. The standard InChI is InChI=1S/C25H36B2O/c26-23-11-5-20(6-12-23)19-3-1-18(2-4-19)17-28-25-15-9-22(10-16-25)21-7-13-24(27)14-8-21/h9-10,15-16,18-21,23-24H,1-8,11-14,17H2. The topological polar surface area (TPSA) is 9.23 Å². The first-order chi connectivity index (χ1) is 13.7. The van der Waals surface area contributed by atoms with Crippen LogP contribution in [0.5, 0.6) is 5.75 Å². The second-order valence-corrected chi connectivity index (χ2v) is 9.95. The summed E-state index contributed by atoms with van der Waals surface area (Å²) in [6, 6.07) is 8.92. The van der Waals surface area contributed by atoms with Gasteiger partial charge in [0.05, 0.1) is 22.3 Å². The lowest BCUT2D eigenvalue weighted by molar-refractivity contribution is 0.135. The van der Waals surface area contributed by atoms with Crippen molar-refractivity contribution in [2.75, 3.05) is 6.61 Å². The Balaban J connectivity index is 1.18. The minimum atomic E-state index is 0.421. The number of rotatable bonds is 5. The molecule has 3 aliphatic carbocycles. The van der Waals surface area contributed by atoms with Gasteiger partial charge in [-0.05, 0) is 79.9 Å². The predicted molar refractivity (Wildman–Crippen MR) is 120 cm³/mol. The van der Waals surface area contributed by atoms with Crippen LogP contribution in [0.4, 0.5) is 0 Å². The molecule has 0 aromatic heterocycles. The molecule has 0 unspecified atom stereocenters. The largest absolute Gasteiger partial charge is 0.493 e. The Bertz CT molecular complexity index is 577. The molecular formula is C25H36B2O. The molecule has 0 amide bonds. The molecule has 0 atom stereocenters. The summed E-state index contributed by atoms with van der Waals surface area (Å²) in [5.41, 5.74) is 1.46. The molecule has 1 aromatic carbocycles. The van der Waals surface area contributed by atoms with Gasteiger partial charge in [-0.25, -0.2) is 0 Å². The molecule has 3 saturated carbocycles. The molecule has 4 rings (SSSR count). The van der Waals surface area contributed by atoms with Gasteiger partial charge in [-0.3, -0.25) is 0 Å². The highest BCUT2D eigenvalue weighted by atomic mass is 16.5. The van der Waals surface area contributed by atoms with E-state index in [1.165, 1.54) is 82.6 Å². The van der Waals surface area contributed by atoms with Crippen molar-refractivity contribution in [2.24, 2.45) is 17.8 Å².